The van der Waals surface area contributed by atoms with Crippen molar-refractivity contribution in [2.75, 3.05) is 13.2 Å². The zero-order valence-corrected chi connectivity index (χ0v) is 14.3. The van der Waals surface area contributed by atoms with Gasteiger partial charge in [0.25, 0.3) is 0 Å². The van der Waals surface area contributed by atoms with E-state index in [0.29, 0.717) is 31.1 Å². The molecule has 1 atom stereocenters. The van der Waals surface area contributed by atoms with Crippen LogP contribution in [0.5, 0.6) is 11.5 Å². The van der Waals surface area contributed by atoms with Gasteiger partial charge in [0.05, 0.1) is 19.1 Å². The van der Waals surface area contributed by atoms with Crippen molar-refractivity contribution in [3.8, 4) is 11.5 Å². The number of benzene rings is 1. The summed E-state index contributed by atoms with van der Waals surface area (Å²) in [6.45, 7) is 5.14. The lowest BCUT2D eigenvalue weighted by Gasteiger charge is -2.15. The minimum absolute atomic E-state index is 0.435. The first-order valence-corrected chi connectivity index (χ1v) is 8.68. The molecule has 1 unspecified atom stereocenters. The molecule has 1 N–H and O–H groups in total. The van der Waals surface area contributed by atoms with Crippen LogP contribution in [0.15, 0.2) is 35.7 Å². The Labute approximate surface area is 140 Å². The molecule has 0 saturated carbocycles. The number of carboxylic acids is 1. The van der Waals surface area contributed by atoms with E-state index in [1.807, 2.05) is 49.6 Å². The molecule has 23 heavy (non-hydrogen) atoms. The van der Waals surface area contributed by atoms with E-state index in [-0.39, 0.29) is 0 Å². The van der Waals surface area contributed by atoms with Gasteiger partial charge in [0.15, 0.2) is 11.5 Å². The highest BCUT2D eigenvalue weighted by molar-refractivity contribution is 7.10. The molecule has 124 valence electrons. The summed E-state index contributed by atoms with van der Waals surface area (Å²) in [6.07, 6.45) is 1.36. The molecule has 0 fully saturated rings. The van der Waals surface area contributed by atoms with Gasteiger partial charge in [0, 0.05) is 4.88 Å². The lowest BCUT2D eigenvalue weighted by atomic mass is 9.97. The summed E-state index contributed by atoms with van der Waals surface area (Å²) in [5.74, 6) is 0.0397. The van der Waals surface area contributed by atoms with E-state index in [9.17, 15) is 9.90 Å². The Balaban J connectivity index is 2.21. The maximum atomic E-state index is 11.6. The zero-order chi connectivity index (χ0) is 16.7. The normalized spacial score (nSPS) is 11.9. The molecule has 5 heteroatoms. The molecule has 1 heterocycles. The molecule has 0 radical (unpaired) electrons. The highest BCUT2D eigenvalue weighted by atomic mass is 32.1. The molecule has 2 aromatic rings. The van der Waals surface area contributed by atoms with Crippen molar-refractivity contribution in [3.63, 3.8) is 0 Å². The first kappa shape index (κ1) is 17.3. The Bertz CT molecular complexity index is 622. The van der Waals surface area contributed by atoms with E-state index in [1.165, 1.54) is 11.3 Å². The van der Waals surface area contributed by atoms with Gasteiger partial charge in [-0.2, -0.15) is 0 Å². The Hall–Kier alpha value is -2.01. The molecule has 2 rings (SSSR count). The maximum absolute atomic E-state index is 11.6. The maximum Gasteiger partial charge on any atom is 0.312 e. The first-order valence-electron chi connectivity index (χ1n) is 7.80. The van der Waals surface area contributed by atoms with Crippen LogP contribution in [0.2, 0.25) is 0 Å². The Morgan fingerprint density at radius 2 is 2.04 bits per heavy atom. The first-order chi connectivity index (χ1) is 11.2. The number of hydrogen-bond acceptors (Lipinski definition) is 4. The van der Waals surface area contributed by atoms with Gasteiger partial charge in [-0.05, 0) is 48.9 Å². The SMILES string of the molecule is CCCOc1ccc(CC(C(=O)O)c2cccs2)cc1OCC. The Morgan fingerprint density at radius 1 is 1.22 bits per heavy atom. The van der Waals surface area contributed by atoms with Gasteiger partial charge in [-0.15, -0.1) is 11.3 Å². The minimum Gasteiger partial charge on any atom is -0.490 e. The lowest BCUT2D eigenvalue weighted by Crippen LogP contribution is -2.13. The molecule has 0 aliphatic carbocycles. The summed E-state index contributed by atoms with van der Waals surface area (Å²) >= 11 is 1.47. The molecule has 1 aromatic heterocycles. The van der Waals surface area contributed by atoms with Crippen LogP contribution in [0.4, 0.5) is 0 Å². The van der Waals surface area contributed by atoms with Crippen molar-refractivity contribution in [3.05, 3.63) is 46.2 Å². The molecule has 0 bridgehead atoms. The predicted octanol–water partition coefficient (Wildman–Crippen LogP) is 4.35. The van der Waals surface area contributed by atoms with Crippen LogP contribution in [0.25, 0.3) is 0 Å². The van der Waals surface area contributed by atoms with Crippen molar-refractivity contribution >= 4 is 17.3 Å². The van der Waals surface area contributed by atoms with Gasteiger partial charge in [0.1, 0.15) is 0 Å². The molecular weight excluding hydrogens is 312 g/mol. The number of aliphatic carboxylic acids is 1. The second-order valence-corrected chi connectivity index (χ2v) is 6.15. The molecular formula is C18H22O4S. The average Bonchev–Trinajstić information content (AvgIpc) is 3.06. The van der Waals surface area contributed by atoms with Crippen LogP contribution >= 0.6 is 11.3 Å². The van der Waals surface area contributed by atoms with Crippen molar-refractivity contribution in [2.24, 2.45) is 0 Å². The summed E-state index contributed by atoms with van der Waals surface area (Å²) in [4.78, 5) is 12.4. The standard InChI is InChI=1S/C18H22O4S/c1-3-9-22-15-8-7-13(12-16(15)21-4-2)11-14(18(19)20)17-6-5-10-23-17/h5-8,10,12,14H,3-4,9,11H2,1-2H3,(H,19,20). The van der Waals surface area contributed by atoms with Crippen LogP contribution in [0.1, 0.15) is 36.6 Å². The van der Waals surface area contributed by atoms with E-state index < -0.39 is 11.9 Å². The van der Waals surface area contributed by atoms with Gasteiger partial charge < -0.3 is 14.6 Å². The van der Waals surface area contributed by atoms with E-state index in [1.54, 1.807) is 0 Å². The second-order valence-electron chi connectivity index (χ2n) is 5.17. The second kappa shape index (κ2) is 8.58. The van der Waals surface area contributed by atoms with Crippen molar-refractivity contribution in [2.45, 2.75) is 32.6 Å². The molecule has 4 nitrogen and oxygen atoms in total. The topological polar surface area (TPSA) is 55.8 Å². The molecule has 0 spiro atoms. The van der Waals surface area contributed by atoms with Gasteiger partial charge in [-0.1, -0.05) is 19.1 Å². The van der Waals surface area contributed by atoms with Crippen LogP contribution in [-0.2, 0) is 11.2 Å². The van der Waals surface area contributed by atoms with E-state index >= 15 is 0 Å². The van der Waals surface area contributed by atoms with Crippen LogP contribution in [0.3, 0.4) is 0 Å². The Kier molecular flexibility index (Phi) is 6.47. The number of ether oxygens (including phenoxy) is 2. The summed E-state index contributed by atoms with van der Waals surface area (Å²) in [7, 11) is 0. The number of carboxylic acid groups (broad SMARTS) is 1. The highest BCUT2D eigenvalue weighted by Gasteiger charge is 2.22. The number of rotatable bonds is 9. The van der Waals surface area contributed by atoms with Gasteiger partial charge in [-0.3, -0.25) is 4.79 Å². The smallest absolute Gasteiger partial charge is 0.312 e. The number of carbonyl (C=O) groups is 1. The van der Waals surface area contributed by atoms with E-state index in [2.05, 4.69) is 0 Å². The molecule has 0 aliphatic heterocycles. The summed E-state index contributed by atoms with van der Waals surface area (Å²) < 4.78 is 11.3. The van der Waals surface area contributed by atoms with Gasteiger partial charge in [0.2, 0.25) is 0 Å². The minimum atomic E-state index is -0.809. The van der Waals surface area contributed by atoms with Crippen molar-refractivity contribution in [1.29, 1.82) is 0 Å². The fraction of sp³-hybridized carbons (Fsp3) is 0.389. The third-order valence-electron chi connectivity index (χ3n) is 3.39. The molecule has 0 amide bonds. The fourth-order valence-electron chi connectivity index (χ4n) is 2.31. The summed E-state index contributed by atoms with van der Waals surface area (Å²) in [5, 5.41) is 11.4. The van der Waals surface area contributed by atoms with Gasteiger partial charge in [-0.25, -0.2) is 0 Å². The van der Waals surface area contributed by atoms with E-state index in [0.717, 1.165) is 16.9 Å². The number of hydrogen-bond donors (Lipinski definition) is 1. The highest BCUT2D eigenvalue weighted by Crippen LogP contribution is 2.32. The third-order valence-corrected chi connectivity index (χ3v) is 4.38. The monoisotopic (exact) mass is 334 g/mol. The van der Waals surface area contributed by atoms with Crippen molar-refractivity contribution in [1.82, 2.24) is 0 Å². The fourth-order valence-corrected chi connectivity index (χ4v) is 3.13. The predicted molar refractivity (Wildman–Crippen MR) is 91.8 cm³/mol. The third kappa shape index (κ3) is 4.73. The van der Waals surface area contributed by atoms with Crippen LogP contribution in [-0.4, -0.2) is 24.3 Å². The molecule has 0 saturated heterocycles. The van der Waals surface area contributed by atoms with Crippen LogP contribution < -0.4 is 9.47 Å². The van der Waals surface area contributed by atoms with Crippen molar-refractivity contribution < 1.29 is 19.4 Å². The van der Waals surface area contributed by atoms with Gasteiger partial charge >= 0.3 is 5.97 Å². The Morgan fingerprint density at radius 3 is 2.65 bits per heavy atom. The number of thiophene rings is 1. The summed E-state index contributed by atoms with van der Waals surface area (Å²) in [6, 6.07) is 9.41. The molecule has 1 aromatic carbocycles. The lowest BCUT2D eigenvalue weighted by molar-refractivity contribution is -0.138. The largest absolute Gasteiger partial charge is 0.490 e. The quantitative estimate of drug-likeness (QED) is 0.741. The molecule has 0 aliphatic rings. The zero-order valence-electron chi connectivity index (χ0n) is 13.5. The van der Waals surface area contributed by atoms with E-state index in [4.69, 9.17) is 9.47 Å². The summed E-state index contributed by atoms with van der Waals surface area (Å²) in [5.41, 5.74) is 0.929. The van der Waals surface area contributed by atoms with Crippen LogP contribution in [0, 0.1) is 0 Å². The average molecular weight is 334 g/mol.